The summed E-state index contributed by atoms with van der Waals surface area (Å²) in [6.07, 6.45) is 4.08. The molecule has 0 radical (unpaired) electrons. The Hall–Kier alpha value is -2.37. The number of nitrogens with zero attached hydrogens (tertiary/aromatic N) is 3. The van der Waals surface area contributed by atoms with E-state index in [2.05, 4.69) is 20.3 Å². The molecule has 2 aromatic rings. The molecule has 0 unspecified atom stereocenters. The average Bonchev–Trinajstić information content (AvgIpc) is 2.46. The van der Waals surface area contributed by atoms with Crippen molar-refractivity contribution >= 4 is 11.5 Å². The van der Waals surface area contributed by atoms with Gasteiger partial charge in [0.1, 0.15) is 12.0 Å². The number of aromatic nitrogens is 3. The van der Waals surface area contributed by atoms with Crippen molar-refractivity contribution in [1.82, 2.24) is 15.0 Å². The van der Waals surface area contributed by atoms with Gasteiger partial charge >= 0.3 is 0 Å². The number of ether oxygens (including phenoxy) is 1. The molecule has 0 atom stereocenters. The molecule has 2 heterocycles. The van der Waals surface area contributed by atoms with Crippen LogP contribution in [0.5, 0.6) is 5.88 Å². The monoisotopic (exact) mass is 259 g/mol. The van der Waals surface area contributed by atoms with Crippen molar-refractivity contribution in [2.45, 2.75) is 19.9 Å². The predicted octanol–water partition coefficient (Wildman–Crippen LogP) is 1.85. The number of hydrogen-bond donors (Lipinski definition) is 2. The molecule has 0 aliphatic heterocycles. The highest BCUT2D eigenvalue weighted by Gasteiger charge is 2.08. The molecule has 2 rings (SSSR count). The van der Waals surface area contributed by atoms with Gasteiger partial charge < -0.3 is 15.8 Å². The van der Waals surface area contributed by atoms with Crippen LogP contribution in [0.15, 0.2) is 30.7 Å². The van der Waals surface area contributed by atoms with Gasteiger partial charge in [0, 0.05) is 6.20 Å². The van der Waals surface area contributed by atoms with Crippen molar-refractivity contribution in [3.8, 4) is 5.88 Å². The zero-order valence-corrected chi connectivity index (χ0v) is 10.8. The summed E-state index contributed by atoms with van der Waals surface area (Å²) in [6.45, 7) is 3.16. The third-order valence-electron chi connectivity index (χ3n) is 2.45. The van der Waals surface area contributed by atoms with Crippen LogP contribution >= 0.6 is 0 Å². The Bertz CT molecular complexity index is 518. The second kappa shape index (κ2) is 6.53. The molecule has 0 saturated heterocycles. The number of nitrogens with one attached hydrogen (secondary N) is 1. The van der Waals surface area contributed by atoms with Crippen molar-refractivity contribution in [3.63, 3.8) is 0 Å². The Balaban J connectivity index is 2.04. The first kappa shape index (κ1) is 13.1. The smallest absolute Gasteiger partial charge is 0.242 e. The molecular formula is C13H17N5O. The number of anilines is 2. The lowest BCUT2D eigenvalue weighted by atomic mass is 10.3. The fraction of sp³-hybridized carbons (Fsp3) is 0.308. The maximum Gasteiger partial charge on any atom is 0.242 e. The van der Waals surface area contributed by atoms with E-state index in [1.54, 1.807) is 6.20 Å². The molecule has 19 heavy (non-hydrogen) atoms. The number of pyridine rings is 1. The molecule has 0 spiro atoms. The molecule has 0 saturated carbocycles. The van der Waals surface area contributed by atoms with Crippen LogP contribution in [-0.2, 0) is 6.54 Å². The molecule has 6 heteroatoms. The van der Waals surface area contributed by atoms with Crippen molar-refractivity contribution in [2.24, 2.45) is 0 Å². The van der Waals surface area contributed by atoms with Crippen LogP contribution in [0.1, 0.15) is 19.0 Å². The highest BCUT2D eigenvalue weighted by Crippen LogP contribution is 2.24. The summed E-state index contributed by atoms with van der Waals surface area (Å²) in [5, 5.41) is 3.13. The second-order valence-corrected chi connectivity index (χ2v) is 3.96. The molecule has 3 N–H and O–H groups in total. The van der Waals surface area contributed by atoms with Gasteiger partial charge in [-0.2, -0.15) is 4.98 Å². The van der Waals surface area contributed by atoms with Crippen molar-refractivity contribution < 1.29 is 4.74 Å². The third-order valence-corrected chi connectivity index (χ3v) is 2.45. The third kappa shape index (κ3) is 3.54. The van der Waals surface area contributed by atoms with Crippen LogP contribution in [0.2, 0.25) is 0 Å². The Kier molecular flexibility index (Phi) is 4.49. The highest BCUT2D eigenvalue weighted by molar-refractivity contribution is 5.66. The van der Waals surface area contributed by atoms with Crippen molar-refractivity contribution in [2.75, 3.05) is 17.7 Å². The van der Waals surface area contributed by atoms with E-state index in [4.69, 9.17) is 10.5 Å². The minimum atomic E-state index is 0.417. The number of rotatable bonds is 6. The Morgan fingerprint density at radius 2 is 2.16 bits per heavy atom. The molecule has 0 aliphatic carbocycles. The van der Waals surface area contributed by atoms with Crippen LogP contribution in [0, 0.1) is 0 Å². The van der Waals surface area contributed by atoms with Crippen LogP contribution in [0.3, 0.4) is 0 Å². The van der Waals surface area contributed by atoms with Gasteiger partial charge in [0.2, 0.25) is 5.88 Å². The molecular weight excluding hydrogens is 242 g/mol. The van der Waals surface area contributed by atoms with Crippen molar-refractivity contribution in [3.05, 3.63) is 36.4 Å². The summed E-state index contributed by atoms with van der Waals surface area (Å²) in [5.41, 5.74) is 7.29. The van der Waals surface area contributed by atoms with Gasteiger partial charge in [0.15, 0.2) is 5.82 Å². The molecule has 0 fully saturated rings. The van der Waals surface area contributed by atoms with E-state index in [-0.39, 0.29) is 0 Å². The average molecular weight is 259 g/mol. The maximum absolute atomic E-state index is 5.96. The lowest BCUT2D eigenvalue weighted by Crippen LogP contribution is -2.08. The maximum atomic E-state index is 5.96. The van der Waals surface area contributed by atoms with E-state index in [1.807, 2.05) is 25.1 Å². The quantitative estimate of drug-likeness (QED) is 0.823. The second-order valence-electron chi connectivity index (χ2n) is 3.96. The fourth-order valence-corrected chi connectivity index (χ4v) is 1.51. The number of nitrogen functional groups attached to an aromatic ring is 1. The molecule has 0 bridgehead atoms. The zero-order chi connectivity index (χ0) is 13.5. The van der Waals surface area contributed by atoms with Gasteiger partial charge in [0.05, 0.1) is 18.8 Å². The summed E-state index contributed by atoms with van der Waals surface area (Å²) < 4.78 is 5.45. The largest absolute Gasteiger partial charge is 0.476 e. The number of nitrogens with two attached hydrogens (primary N) is 1. The molecule has 0 aliphatic rings. The molecule has 6 nitrogen and oxygen atoms in total. The van der Waals surface area contributed by atoms with E-state index in [0.29, 0.717) is 30.5 Å². The molecule has 2 aromatic heterocycles. The summed E-state index contributed by atoms with van der Waals surface area (Å²) in [7, 11) is 0. The summed E-state index contributed by atoms with van der Waals surface area (Å²) >= 11 is 0. The van der Waals surface area contributed by atoms with Crippen LogP contribution in [0.25, 0.3) is 0 Å². The molecule has 100 valence electrons. The Morgan fingerprint density at radius 3 is 2.89 bits per heavy atom. The van der Waals surface area contributed by atoms with E-state index in [1.165, 1.54) is 6.33 Å². The van der Waals surface area contributed by atoms with Crippen LogP contribution < -0.4 is 15.8 Å². The first-order valence-electron chi connectivity index (χ1n) is 6.18. The SMILES string of the molecule is CCCOc1ncnc(NCc2ccccn2)c1N. The minimum absolute atomic E-state index is 0.417. The molecule has 0 aromatic carbocycles. The fourth-order valence-electron chi connectivity index (χ4n) is 1.51. The van der Waals surface area contributed by atoms with Crippen LogP contribution in [-0.4, -0.2) is 21.6 Å². The van der Waals surface area contributed by atoms with E-state index in [0.717, 1.165) is 12.1 Å². The normalized spacial score (nSPS) is 10.2. The van der Waals surface area contributed by atoms with Gasteiger partial charge in [0.25, 0.3) is 0 Å². The number of hydrogen-bond acceptors (Lipinski definition) is 6. The lowest BCUT2D eigenvalue weighted by Gasteiger charge is -2.11. The molecule has 0 amide bonds. The van der Waals surface area contributed by atoms with E-state index in [9.17, 15) is 0 Å². The predicted molar refractivity (Wildman–Crippen MR) is 73.8 cm³/mol. The van der Waals surface area contributed by atoms with Gasteiger partial charge in [-0.15, -0.1) is 0 Å². The topological polar surface area (TPSA) is 86.0 Å². The Labute approximate surface area is 112 Å². The first-order valence-corrected chi connectivity index (χ1v) is 6.18. The lowest BCUT2D eigenvalue weighted by molar-refractivity contribution is 0.306. The Morgan fingerprint density at radius 1 is 1.26 bits per heavy atom. The highest BCUT2D eigenvalue weighted by atomic mass is 16.5. The summed E-state index contributed by atoms with van der Waals surface area (Å²) in [4.78, 5) is 12.3. The minimum Gasteiger partial charge on any atom is -0.476 e. The first-order chi connectivity index (χ1) is 9.31. The standard InChI is InChI=1S/C13H17N5O/c1-2-7-19-13-11(14)12(17-9-18-13)16-8-10-5-3-4-6-15-10/h3-6,9H,2,7-8,14H2,1H3,(H,16,17,18). The van der Waals surface area contributed by atoms with E-state index >= 15 is 0 Å². The van der Waals surface area contributed by atoms with Crippen molar-refractivity contribution in [1.29, 1.82) is 0 Å². The van der Waals surface area contributed by atoms with Gasteiger partial charge in [-0.05, 0) is 18.6 Å². The zero-order valence-electron chi connectivity index (χ0n) is 10.8. The van der Waals surface area contributed by atoms with Crippen LogP contribution in [0.4, 0.5) is 11.5 Å². The van der Waals surface area contributed by atoms with E-state index < -0.39 is 0 Å². The van der Waals surface area contributed by atoms with Gasteiger partial charge in [-0.25, -0.2) is 4.98 Å². The van der Waals surface area contributed by atoms with Gasteiger partial charge in [-0.3, -0.25) is 4.98 Å². The summed E-state index contributed by atoms with van der Waals surface area (Å²) in [6, 6.07) is 5.74. The summed E-state index contributed by atoms with van der Waals surface area (Å²) in [5.74, 6) is 0.979. The van der Waals surface area contributed by atoms with Gasteiger partial charge in [-0.1, -0.05) is 13.0 Å².